The van der Waals surface area contributed by atoms with Gasteiger partial charge in [-0.1, -0.05) is 30.3 Å². The molecule has 0 amide bonds. The summed E-state index contributed by atoms with van der Waals surface area (Å²) in [5, 5.41) is 3.47. The Morgan fingerprint density at radius 2 is 2.18 bits per heavy atom. The van der Waals surface area contributed by atoms with Gasteiger partial charge >= 0.3 is 5.97 Å². The van der Waals surface area contributed by atoms with Crippen LogP contribution in [0.2, 0.25) is 0 Å². The number of carbonyl (C=O) groups is 1. The predicted octanol–water partition coefficient (Wildman–Crippen LogP) is 2.08. The molecule has 0 aromatic heterocycles. The van der Waals surface area contributed by atoms with E-state index in [0.717, 1.165) is 6.42 Å². The van der Waals surface area contributed by atoms with E-state index in [-0.39, 0.29) is 12.0 Å². The highest BCUT2D eigenvalue weighted by Crippen LogP contribution is 2.40. The monoisotopic (exact) mass is 233 g/mol. The van der Waals surface area contributed by atoms with Crippen molar-refractivity contribution in [3.63, 3.8) is 0 Å². The Bertz CT molecular complexity index is 377. The molecule has 92 valence electrons. The third-order valence-corrected chi connectivity index (χ3v) is 3.22. The summed E-state index contributed by atoms with van der Waals surface area (Å²) in [6.07, 6.45) is 1.60. The Morgan fingerprint density at radius 3 is 2.82 bits per heavy atom. The first kappa shape index (κ1) is 12.1. The smallest absolute Gasteiger partial charge is 0.307 e. The fraction of sp³-hybridized carbons (Fsp3) is 0.500. The zero-order chi connectivity index (χ0) is 12.3. The molecule has 1 aliphatic rings. The van der Waals surface area contributed by atoms with Gasteiger partial charge in [-0.15, -0.1) is 0 Å². The van der Waals surface area contributed by atoms with Crippen molar-refractivity contribution in [1.82, 2.24) is 5.32 Å². The van der Waals surface area contributed by atoms with Crippen LogP contribution in [-0.4, -0.2) is 25.2 Å². The van der Waals surface area contributed by atoms with Crippen LogP contribution in [0.3, 0.4) is 0 Å². The number of methoxy groups -OCH3 is 1. The number of benzene rings is 1. The second-order valence-electron chi connectivity index (χ2n) is 4.71. The van der Waals surface area contributed by atoms with Crippen LogP contribution in [-0.2, 0) is 9.53 Å². The van der Waals surface area contributed by atoms with E-state index in [1.54, 1.807) is 0 Å². The molecule has 0 heterocycles. The topological polar surface area (TPSA) is 38.3 Å². The molecule has 1 N–H and O–H groups in total. The van der Waals surface area contributed by atoms with Crippen molar-refractivity contribution in [3.8, 4) is 0 Å². The highest BCUT2D eigenvalue weighted by Gasteiger charge is 2.38. The maximum Gasteiger partial charge on any atom is 0.307 e. The molecule has 3 atom stereocenters. The van der Waals surface area contributed by atoms with Crippen LogP contribution in [0.5, 0.6) is 0 Å². The van der Waals surface area contributed by atoms with Gasteiger partial charge in [-0.05, 0) is 18.9 Å². The van der Waals surface area contributed by atoms with Crippen molar-refractivity contribution >= 4 is 5.97 Å². The van der Waals surface area contributed by atoms with Gasteiger partial charge in [0.05, 0.1) is 13.5 Å². The van der Waals surface area contributed by atoms with Gasteiger partial charge in [0.1, 0.15) is 0 Å². The van der Waals surface area contributed by atoms with E-state index in [4.69, 9.17) is 0 Å². The molecule has 1 aromatic rings. The van der Waals surface area contributed by atoms with Gasteiger partial charge in [0.2, 0.25) is 0 Å². The van der Waals surface area contributed by atoms with Crippen molar-refractivity contribution in [2.75, 3.05) is 7.11 Å². The lowest BCUT2D eigenvalue weighted by Crippen LogP contribution is -2.31. The minimum atomic E-state index is -0.151. The van der Waals surface area contributed by atoms with Crippen molar-refractivity contribution in [2.24, 2.45) is 0 Å². The first-order valence-corrected chi connectivity index (χ1v) is 6.08. The molecule has 0 bridgehead atoms. The summed E-state index contributed by atoms with van der Waals surface area (Å²) in [6, 6.07) is 11.2. The molecule has 1 aliphatic carbocycles. The number of hydrogen-bond acceptors (Lipinski definition) is 3. The average molecular weight is 233 g/mol. The standard InChI is InChI=1S/C14H19NO2/c1-10(8-14(16)17-2)15-13-9-12(13)11-6-4-3-5-7-11/h3-7,10,12-13,15H,8-9H2,1-2H3. The quantitative estimate of drug-likeness (QED) is 0.791. The lowest BCUT2D eigenvalue weighted by Gasteiger charge is -2.12. The summed E-state index contributed by atoms with van der Waals surface area (Å²) in [4.78, 5) is 11.1. The minimum absolute atomic E-state index is 0.151. The van der Waals surface area contributed by atoms with Gasteiger partial charge < -0.3 is 10.1 Å². The molecule has 2 rings (SSSR count). The normalized spacial score (nSPS) is 24.1. The summed E-state index contributed by atoms with van der Waals surface area (Å²) in [5.74, 6) is 0.457. The zero-order valence-electron chi connectivity index (χ0n) is 10.3. The molecule has 17 heavy (non-hydrogen) atoms. The molecule has 3 unspecified atom stereocenters. The van der Waals surface area contributed by atoms with E-state index in [1.165, 1.54) is 12.7 Å². The van der Waals surface area contributed by atoms with E-state index in [2.05, 4.69) is 34.3 Å². The van der Waals surface area contributed by atoms with Crippen LogP contribution in [0.1, 0.15) is 31.2 Å². The second-order valence-corrected chi connectivity index (χ2v) is 4.71. The number of nitrogens with one attached hydrogen (secondary N) is 1. The number of carbonyl (C=O) groups excluding carboxylic acids is 1. The molecule has 0 saturated heterocycles. The lowest BCUT2D eigenvalue weighted by atomic mass is 10.1. The number of rotatable bonds is 5. The Labute approximate surface area is 102 Å². The molecule has 3 heteroatoms. The molecular formula is C14H19NO2. The van der Waals surface area contributed by atoms with Crippen molar-refractivity contribution < 1.29 is 9.53 Å². The van der Waals surface area contributed by atoms with E-state index in [0.29, 0.717) is 18.4 Å². The summed E-state index contributed by atoms with van der Waals surface area (Å²) in [5.41, 5.74) is 1.38. The van der Waals surface area contributed by atoms with E-state index in [1.807, 2.05) is 13.0 Å². The van der Waals surface area contributed by atoms with Gasteiger partial charge in [-0.2, -0.15) is 0 Å². The summed E-state index contributed by atoms with van der Waals surface area (Å²) in [7, 11) is 1.43. The predicted molar refractivity (Wildman–Crippen MR) is 66.8 cm³/mol. The summed E-state index contributed by atoms with van der Waals surface area (Å²) < 4.78 is 4.66. The second kappa shape index (κ2) is 5.32. The van der Waals surface area contributed by atoms with Crippen LogP contribution < -0.4 is 5.32 Å². The van der Waals surface area contributed by atoms with E-state index < -0.39 is 0 Å². The molecule has 1 saturated carbocycles. The number of hydrogen-bond donors (Lipinski definition) is 1. The maximum atomic E-state index is 11.1. The average Bonchev–Trinajstić information content (AvgIpc) is 3.09. The van der Waals surface area contributed by atoms with Gasteiger partial charge in [-0.25, -0.2) is 0 Å². The lowest BCUT2D eigenvalue weighted by molar-refractivity contribution is -0.141. The van der Waals surface area contributed by atoms with Crippen LogP contribution in [0.4, 0.5) is 0 Å². The van der Waals surface area contributed by atoms with Crippen LogP contribution >= 0.6 is 0 Å². The molecule has 1 aromatic carbocycles. The van der Waals surface area contributed by atoms with Gasteiger partial charge in [0.25, 0.3) is 0 Å². The third-order valence-electron chi connectivity index (χ3n) is 3.22. The van der Waals surface area contributed by atoms with Crippen LogP contribution in [0.15, 0.2) is 30.3 Å². The van der Waals surface area contributed by atoms with Gasteiger partial charge in [0.15, 0.2) is 0 Å². The van der Waals surface area contributed by atoms with Crippen LogP contribution in [0.25, 0.3) is 0 Å². The fourth-order valence-electron chi connectivity index (χ4n) is 2.21. The largest absolute Gasteiger partial charge is 0.469 e. The Morgan fingerprint density at radius 1 is 1.47 bits per heavy atom. The zero-order valence-corrected chi connectivity index (χ0v) is 10.3. The Hall–Kier alpha value is -1.35. The molecule has 3 nitrogen and oxygen atoms in total. The first-order chi connectivity index (χ1) is 8.20. The molecular weight excluding hydrogens is 214 g/mol. The van der Waals surface area contributed by atoms with Crippen molar-refractivity contribution in [3.05, 3.63) is 35.9 Å². The molecule has 0 radical (unpaired) electrons. The van der Waals surface area contributed by atoms with Crippen molar-refractivity contribution in [1.29, 1.82) is 0 Å². The van der Waals surface area contributed by atoms with E-state index in [9.17, 15) is 4.79 Å². The minimum Gasteiger partial charge on any atom is -0.469 e. The molecule has 1 fully saturated rings. The van der Waals surface area contributed by atoms with Crippen molar-refractivity contribution in [2.45, 2.75) is 37.8 Å². The van der Waals surface area contributed by atoms with Crippen LogP contribution in [0, 0.1) is 0 Å². The van der Waals surface area contributed by atoms with E-state index >= 15 is 0 Å². The molecule has 0 spiro atoms. The van der Waals surface area contributed by atoms with Gasteiger partial charge in [-0.3, -0.25) is 4.79 Å². The SMILES string of the molecule is COC(=O)CC(C)NC1CC1c1ccccc1. The highest BCUT2D eigenvalue weighted by molar-refractivity contribution is 5.69. The third kappa shape index (κ3) is 3.30. The van der Waals surface area contributed by atoms with Gasteiger partial charge in [0, 0.05) is 18.0 Å². The fourth-order valence-corrected chi connectivity index (χ4v) is 2.21. The summed E-state index contributed by atoms with van der Waals surface area (Å²) in [6.45, 7) is 2.03. The Balaban J connectivity index is 1.78. The number of ether oxygens (including phenoxy) is 1. The highest BCUT2D eigenvalue weighted by atomic mass is 16.5. The summed E-state index contributed by atoms with van der Waals surface area (Å²) >= 11 is 0. The number of esters is 1. The Kier molecular flexibility index (Phi) is 3.79. The molecule has 0 aliphatic heterocycles. The first-order valence-electron chi connectivity index (χ1n) is 6.08. The maximum absolute atomic E-state index is 11.1.